The van der Waals surface area contributed by atoms with Crippen molar-refractivity contribution < 1.29 is 60.1 Å². The molecule has 6 rings (SSSR count). The second kappa shape index (κ2) is 16.6. The first-order chi connectivity index (χ1) is 28.1. The largest absolute Gasteiger partial charge is 0.497 e. The molecule has 2 aliphatic carbocycles. The van der Waals surface area contributed by atoms with Crippen LogP contribution in [0.25, 0.3) is 10.9 Å². The van der Waals surface area contributed by atoms with Gasteiger partial charge in [0.1, 0.15) is 35.2 Å². The molecule has 330 valence electrons. The number of halogens is 2. The highest BCUT2D eigenvalue weighted by atomic mass is 32.2. The van der Waals surface area contributed by atoms with Gasteiger partial charge in [0, 0.05) is 36.8 Å². The van der Waals surface area contributed by atoms with Crippen molar-refractivity contribution in [2.45, 2.75) is 139 Å². The molecule has 0 spiro atoms. The second-order valence-electron chi connectivity index (χ2n) is 17.0. The zero-order valence-corrected chi connectivity index (χ0v) is 36.0. The molecule has 3 heterocycles. The Labute approximate surface area is 348 Å². The van der Waals surface area contributed by atoms with E-state index < -0.39 is 92.0 Å². The molecular weight excluding hydrogens is 809 g/mol. The van der Waals surface area contributed by atoms with E-state index >= 15 is 0 Å². The van der Waals surface area contributed by atoms with Crippen molar-refractivity contribution in [3.05, 3.63) is 36.4 Å². The van der Waals surface area contributed by atoms with Crippen LogP contribution in [0.2, 0.25) is 0 Å². The highest BCUT2D eigenvalue weighted by molar-refractivity contribution is 7.91. The molecule has 16 nitrogen and oxygen atoms in total. The topological polar surface area (TPSA) is 201 Å². The van der Waals surface area contributed by atoms with Crippen LogP contribution in [0.1, 0.15) is 86.5 Å². The fourth-order valence-electron chi connectivity index (χ4n) is 7.44. The van der Waals surface area contributed by atoms with Gasteiger partial charge in [-0.1, -0.05) is 19.1 Å². The molecule has 7 atom stereocenters. The summed E-state index contributed by atoms with van der Waals surface area (Å²) in [4.78, 5) is 62.6. The summed E-state index contributed by atoms with van der Waals surface area (Å²) >= 11 is 0. The number of allylic oxidation sites excluding steroid dienone is 1. The molecule has 2 aliphatic heterocycles. The van der Waals surface area contributed by atoms with Gasteiger partial charge in [-0.25, -0.2) is 27.0 Å². The average Bonchev–Trinajstić information content (AvgIpc) is 4.06. The number of fused-ring (bicyclic) bond motifs is 3. The number of alkyl halides is 2. The molecular formula is C41H55F2N5O11S. The number of amides is 4. The molecule has 0 bridgehead atoms. The van der Waals surface area contributed by atoms with Gasteiger partial charge in [-0.2, -0.15) is 0 Å². The summed E-state index contributed by atoms with van der Waals surface area (Å²) in [5.74, 6) is -5.44. The molecule has 3 fully saturated rings. The number of hydrogen-bond acceptors (Lipinski definition) is 12. The smallest absolute Gasteiger partial charge is 0.408 e. The van der Waals surface area contributed by atoms with Crippen molar-refractivity contribution >= 4 is 44.7 Å². The Kier molecular flexibility index (Phi) is 12.4. The third-order valence-corrected chi connectivity index (χ3v) is 14.3. The van der Waals surface area contributed by atoms with E-state index in [0.717, 1.165) is 13.8 Å². The van der Waals surface area contributed by atoms with Gasteiger partial charge in [0.05, 0.1) is 43.2 Å². The van der Waals surface area contributed by atoms with Crippen LogP contribution in [-0.4, -0.2) is 115 Å². The number of ether oxygens (including phenoxy) is 5. The van der Waals surface area contributed by atoms with Gasteiger partial charge < -0.3 is 39.2 Å². The van der Waals surface area contributed by atoms with Crippen molar-refractivity contribution in [1.82, 2.24) is 25.2 Å². The molecule has 2 saturated carbocycles. The lowest BCUT2D eigenvalue weighted by atomic mass is 10.0. The average molecular weight is 864 g/mol. The molecule has 1 aromatic carbocycles. The van der Waals surface area contributed by atoms with Gasteiger partial charge in [-0.05, 0) is 78.4 Å². The summed E-state index contributed by atoms with van der Waals surface area (Å²) in [7, 11) is -1.14. The minimum Gasteiger partial charge on any atom is -0.497 e. The third-order valence-electron chi connectivity index (χ3n) is 12.1. The summed E-state index contributed by atoms with van der Waals surface area (Å²) in [6.07, 6.45) is 1.73. The fraction of sp³-hybridized carbons (Fsp3) is 0.634. The van der Waals surface area contributed by atoms with Crippen LogP contribution in [0.4, 0.5) is 13.6 Å². The highest BCUT2D eigenvalue weighted by Crippen LogP contribution is 2.48. The molecule has 1 aromatic heterocycles. The van der Waals surface area contributed by atoms with Crippen LogP contribution < -0.4 is 29.6 Å². The first-order valence-corrected chi connectivity index (χ1v) is 21.6. The number of benzene rings is 1. The molecule has 1 saturated heterocycles. The number of hydrogen-bond donors (Lipinski definition) is 3. The Balaban J connectivity index is 1.39. The van der Waals surface area contributed by atoms with Gasteiger partial charge in [-0.3, -0.25) is 19.1 Å². The van der Waals surface area contributed by atoms with Crippen molar-refractivity contribution in [3.63, 3.8) is 0 Å². The van der Waals surface area contributed by atoms with Crippen LogP contribution in [0.3, 0.4) is 0 Å². The predicted molar refractivity (Wildman–Crippen MR) is 214 cm³/mol. The third kappa shape index (κ3) is 9.11. The summed E-state index contributed by atoms with van der Waals surface area (Å²) in [6, 6.07) is 3.82. The lowest BCUT2D eigenvalue weighted by molar-refractivity contribution is -0.153. The number of carbonyl (C=O) groups is 4. The van der Waals surface area contributed by atoms with Crippen LogP contribution in [0, 0.1) is 5.92 Å². The maximum absolute atomic E-state index is 15.0. The lowest BCUT2D eigenvalue weighted by Gasteiger charge is -2.35. The first kappa shape index (κ1) is 44.8. The Bertz CT molecular complexity index is 2140. The molecule has 3 N–H and O–H groups in total. The summed E-state index contributed by atoms with van der Waals surface area (Å²) in [6.45, 7) is 7.52. The fourth-order valence-corrected chi connectivity index (χ4v) is 8.75. The number of sulfonamides is 1. The van der Waals surface area contributed by atoms with Crippen LogP contribution in [-0.2, 0) is 33.9 Å². The number of methoxy groups -OCH3 is 2. The van der Waals surface area contributed by atoms with Crippen LogP contribution in [0.15, 0.2) is 36.4 Å². The molecule has 4 amide bonds. The van der Waals surface area contributed by atoms with E-state index in [1.807, 2.05) is 6.08 Å². The molecule has 4 aliphatic rings. The quantitative estimate of drug-likeness (QED) is 0.267. The number of nitrogens with one attached hydrogen (secondary N) is 3. The Morgan fingerprint density at radius 1 is 1.12 bits per heavy atom. The first-order valence-electron chi connectivity index (χ1n) is 20.1. The Morgan fingerprint density at radius 2 is 1.83 bits per heavy atom. The van der Waals surface area contributed by atoms with E-state index in [1.165, 1.54) is 19.1 Å². The van der Waals surface area contributed by atoms with Gasteiger partial charge in [-0.15, -0.1) is 0 Å². The van der Waals surface area contributed by atoms with Crippen LogP contribution >= 0.6 is 0 Å². The van der Waals surface area contributed by atoms with Crippen molar-refractivity contribution in [2.24, 2.45) is 5.92 Å². The van der Waals surface area contributed by atoms with E-state index in [2.05, 4.69) is 20.3 Å². The molecule has 19 heteroatoms. The van der Waals surface area contributed by atoms with Crippen LogP contribution in [0.5, 0.6) is 17.4 Å². The lowest BCUT2D eigenvalue weighted by Crippen LogP contribution is -2.61. The van der Waals surface area contributed by atoms with Crippen molar-refractivity contribution in [2.75, 3.05) is 20.8 Å². The number of carbonyl (C=O) groups excluding carboxylic acids is 4. The van der Waals surface area contributed by atoms with Crippen molar-refractivity contribution in [1.29, 1.82) is 0 Å². The number of pyridine rings is 1. The normalized spacial score (nSPS) is 28.8. The van der Waals surface area contributed by atoms with Gasteiger partial charge in [0.15, 0.2) is 5.60 Å². The second-order valence-corrected chi connectivity index (χ2v) is 19.2. The number of nitrogens with zero attached hydrogens (tertiary/aromatic N) is 2. The predicted octanol–water partition coefficient (Wildman–Crippen LogP) is 4.54. The molecule has 60 heavy (non-hydrogen) atoms. The van der Waals surface area contributed by atoms with Gasteiger partial charge in [0.2, 0.25) is 27.7 Å². The Morgan fingerprint density at radius 3 is 2.47 bits per heavy atom. The van der Waals surface area contributed by atoms with Crippen molar-refractivity contribution in [3.8, 4) is 17.4 Å². The van der Waals surface area contributed by atoms with E-state index in [-0.39, 0.29) is 31.7 Å². The van der Waals surface area contributed by atoms with Gasteiger partial charge >= 0.3 is 6.09 Å². The molecule has 2 aromatic rings. The number of rotatable bonds is 11. The van der Waals surface area contributed by atoms with E-state index in [4.69, 9.17) is 23.7 Å². The van der Waals surface area contributed by atoms with E-state index in [9.17, 15) is 36.4 Å². The zero-order valence-electron chi connectivity index (χ0n) is 35.1. The monoisotopic (exact) mass is 863 g/mol. The van der Waals surface area contributed by atoms with E-state index in [1.54, 1.807) is 51.1 Å². The summed E-state index contributed by atoms with van der Waals surface area (Å²) in [5.41, 5.74) is -3.45. The zero-order chi connectivity index (χ0) is 44.0. The SMILES string of the molecule is CC[C@@H]1O[C@H](C)CC/C=C\C2C[C@@]2(C(=O)NS(=O)(=O)C2(C)CC2)NC(=O)[C@@H]2C[C@@H](Oc3cc(OC)nc4cc(OC)ccc34)CN2C(=O)[C@H]1NC(=O)OC(C)(C)C(C)(F)F. The standard InChI is InChI=1S/C41H55F2N5O11S/c1-9-30-33(45-37(52)59-38(3,4)40(6,42)43)35(50)48-22-26(58-31-20-32(56-8)44-28-18-25(55-7)14-15-27(28)31)19-29(48)34(49)46-41(21-24(41)13-11-10-12-23(2)57-30)36(51)47-60(53,54)39(5)16-17-39/h11,13-15,18,20,23-24,26,29-30,33H,9-10,12,16-17,19,21-22H2,1-8H3,(H,45,52)(H,46,49)(H,47,51)/b13-11-/t23-,24?,26-,29+,30+,33+,41-/m1/s1. The Hall–Kier alpha value is -4.78. The minimum absolute atomic E-state index is 0.0952. The molecule has 0 radical (unpaired) electrons. The van der Waals surface area contributed by atoms with Gasteiger partial charge in [0.25, 0.3) is 11.8 Å². The highest BCUT2D eigenvalue weighted by Gasteiger charge is 2.63. The number of alkyl carbamates (subject to hydrolysis) is 1. The summed E-state index contributed by atoms with van der Waals surface area (Å²) < 4.78 is 85.4. The maximum Gasteiger partial charge on any atom is 0.408 e. The molecule has 1 unspecified atom stereocenters. The minimum atomic E-state index is -4.08. The van der Waals surface area contributed by atoms with E-state index in [0.29, 0.717) is 55.0 Å². The summed E-state index contributed by atoms with van der Waals surface area (Å²) in [5, 5.41) is 5.86. The number of aromatic nitrogens is 1. The maximum atomic E-state index is 15.0.